The molecule has 0 radical (unpaired) electrons. The first-order chi connectivity index (χ1) is 8.50. The Labute approximate surface area is 108 Å². The van der Waals surface area contributed by atoms with Crippen molar-refractivity contribution in [3.05, 3.63) is 45.5 Å². The number of rotatable bonds is 2. The van der Waals surface area contributed by atoms with Crippen molar-refractivity contribution in [2.45, 2.75) is 6.92 Å². The third kappa shape index (κ3) is 2.12. The van der Waals surface area contributed by atoms with Gasteiger partial charge in [0, 0.05) is 12.3 Å². The van der Waals surface area contributed by atoms with Crippen LogP contribution in [0.3, 0.4) is 0 Å². The Kier molecular flexibility index (Phi) is 3.16. The van der Waals surface area contributed by atoms with Crippen LogP contribution in [-0.4, -0.2) is 10.8 Å². The Hall–Kier alpha value is -2.14. The molecule has 6 heteroatoms. The number of anilines is 1. The molecule has 5 nitrogen and oxygen atoms in total. The van der Waals surface area contributed by atoms with Crippen LogP contribution >= 0.6 is 11.6 Å². The van der Waals surface area contributed by atoms with Crippen molar-refractivity contribution in [2.75, 3.05) is 5.32 Å². The Morgan fingerprint density at radius 2 is 2.06 bits per heavy atom. The molecule has 92 valence electrons. The fourth-order valence-corrected chi connectivity index (χ4v) is 2.06. The number of fused-ring (bicyclic) bond motifs is 1. The molecule has 2 aromatic carbocycles. The van der Waals surface area contributed by atoms with E-state index in [-0.39, 0.29) is 22.3 Å². The van der Waals surface area contributed by atoms with E-state index >= 15 is 0 Å². The number of carbonyl (C=O) groups is 1. The lowest BCUT2D eigenvalue weighted by Crippen LogP contribution is -2.09. The summed E-state index contributed by atoms with van der Waals surface area (Å²) in [5.74, 6) is -0.384. The Balaban J connectivity index is 2.84. The fraction of sp³-hybridized carbons (Fsp3) is 0.0833. The van der Waals surface area contributed by atoms with Crippen molar-refractivity contribution < 1.29 is 9.72 Å². The molecule has 1 amide bonds. The highest BCUT2D eigenvalue weighted by molar-refractivity contribution is 6.35. The minimum absolute atomic E-state index is 0.00227. The Morgan fingerprint density at radius 1 is 1.39 bits per heavy atom. The third-order valence-corrected chi connectivity index (χ3v) is 2.75. The van der Waals surface area contributed by atoms with Gasteiger partial charge >= 0.3 is 5.69 Å². The van der Waals surface area contributed by atoms with Crippen LogP contribution in [0.4, 0.5) is 11.4 Å². The van der Waals surface area contributed by atoms with E-state index in [9.17, 15) is 14.9 Å². The fourth-order valence-electron chi connectivity index (χ4n) is 1.78. The summed E-state index contributed by atoms with van der Waals surface area (Å²) >= 11 is 5.89. The van der Waals surface area contributed by atoms with Crippen molar-refractivity contribution in [3.63, 3.8) is 0 Å². The zero-order chi connectivity index (χ0) is 13.3. The van der Waals surface area contributed by atoms with E-state index in [4.69, 9.17) is 11.6 Å². The highest BCUT2D eigenvalue weighted by atomic mass is 35.5. The maximum atomic E-state index is 11.2. The summed E-state index contributed by atoms with van der Waals surface area (Å²) in [6.07, 6.45) is 0. The second kappa shape index (κ2) is 4.62. The molecular formula is C12H9ClN2O3. The van der Waals surface area contributed by atoms with Crippen molar-refractivity contribution in [3.8, 4) is 0 Å². The van der Waals surface area contributed by atoms with Crippen LogP contribution in [0.25, 0.3) is 10.8 Å². The first-order valence-electron chi connectivity index (χ1n) is 5.14. The molecular weight excluding hydrogens is 256 g/mol. The SMILES string of the molecule is CC(=O)Nc1c([N+](=O)[O-])c(Cl)cc2ccccc12. The number of amides is 1. The van der Waals surface area contributed by atoms with Gasteiger partial charge in [0.15, 0.2) is 0 Å². The highest BCUT2D eigenvalue weighted by Gasteiger charge is 2.22. The minimum atomic E-state index is -0.597. The molecule has 0 aromatic heterocycles. The van der Waals surface area contributed by atoms with Gasteiger partial charge in [-0.3, -0.25) is 14.9 Å². The molecule has 2 rings (SSSR count). The number of carbonyl (C=O) groups excluding carboxylic acids is 1. The largest absolute Gasteiger partial charge is 0.320 e. The van der Waals surface area contributed by atoms with Gasteiger partial charge in [0.1, 0.15) is 10.7 Å². The molecule has 1 N–H and O–H groups in total. The summed E-state index contributed by atoms with van der Waals surface area (Å²) in [6.45, 7) is 1.29. The normalized spacial score (nSPS) is 10.3. The van der Waals surface area contributed by atoms with Gasteiger partial charge in [0.25, 0.3) is 0 Å². The maximum Gasteiger partial charge on any atom is 0.311 e. The van der Waals surface area contributed by atoms with E-state index in [0.717, 1.165) is 5.39 Å². The van der Waals surface area contributed by atoms with E-state index in [1.165, 1.54) is 13.0 Å². The summed E-state index contributed by atoms with van der Waals surface area (Å²) in [7, 11) is 0. The van der Waals surface area contributed by atoms with Crippen molar-refractivity contribution >= 4 is 39.7 Å². The van der Waals surface area contributed by atoms with Crippen LogP contribution < -0.4 is 5.32 Å². The van der Waals surface area contributed by atoms with E-state index in [2.05, 4.69) is 5.32 Å². The first-order valence-corrected chi connectivity index (χ1v) is 5.51. The molecule has 0 heterocycles. The van der Waals surface area contributed by atoms with E-state index in [1.807, 2.05) is 0 Å². The van der Waals surface area contributed by atoms with Gasteiger partial charge in [-0.05, 0) is 11.5 Å². The molecule has 0 unspecified atom stereocenters. The number of nitrogens with one attached hydrogen (secondary N) is 1. The predicted molar refractivity (Wildman–Crippen MR) is 69.9 cm³/mol. The molecule has 0 fully saturated rings. The molecule has 2 aromatic rings. The molecule has 0 aliphatic rings. The van der Waals surface area contributed by atoms with Crippen molar-refractivity contribution in [2.24, 2.45) is 0 Å². The zero-order valence-electron chi connectivity index (χ0n) is 9.44. The topological polar surface area (TPSA) is 72.2 Å². The van der Waals surface area contributed by atoms with Crippen LogP contribution in [-0.2, 0) is 4.79 Å². The molecule has 0 aliphatic heterocycles. The minimum Gasteiger partial charge on any atom is -0.320 e. The lowest BCUT2D eigenvalue weighted by atomic mass is 10.1. The zero-order valence-corrected chi connectivity index (χ0v) is 10.2. The van der Waals surface area contributed by atoms with Gasteiger partial charge in [-0.2, -0.15) is 0 Å². The summed E-state index contributed by atoms with van der Waals surface area (Å²) in [4.78, 5) is 21.6. The molecule has 0 bridgehead atoms. The monoisotopic (exact) mass is 264 g/mol. The Morgan fingerprint density at radius 3 is 2.67 bits per heavy atom. The van der Waals surface area contributed by atoms with Crippen LogP contribution in [0.1, 0.15) is 6.92 Å². The van der Waals surface area contributed by atoms with Gasteiger partial charge in [0.2, 0.25) is 5.91 Å². The van der Waals surface area contributed by atoms with Crippen LogP contribution in [0.15, 0.2) is 30.3 Å². The molecule has 18 heavy (non-hydrogen) atoms. The van der Waals surface area contributed by atoms with E-state index in [0.29, 0.717) is 5.39 Å². The summed E-state index contributed by atoms with van der Waals surface area (Å²) < 4.78 is 0. The number of hydrogen-bond acceptors (Lipinski definition) is 3. The number of benzene rings is 2. The van der Waals surface area contributed by atoms with Gasteiger partial charge in [-0.25, -0.2) is 0 Å². The first kappa shape index (κ1) is 12.3. The lowest BCUT2D eigenvalue weighted by Gasteiger charge is -2.09. The van der Waals surface area contributed by atoms with Crippen LogP contribution in [0.2, 0.25) is 5.02 Å². The lowest BCUT2D eigenvalue weighted by molar-refractivity contribution is -0.383. The third-order valence-electron chi connectivity index (χ3n) is 2.46. The van der Waals surface area contributed by atoms with Crippen molar-refractivity contribution in [1.29, 1.82) is 0 Å². The van der Waals surface area contributed by atoms with Gasteiger partial charge in [-0.1, -0.05) is 35.9 Å². The number of hydrogen-bond donors (Lipinski definition) is 1. The number of nitro groups is 1. The number of halogens is 1. The molecule has 0 saturated carbocycles. The number of nitro benzene ring substituents is 1. The standard InChI is InChI=1S/C12H9ClN2O3/c1-7(16)14-11-9-5-3-2-4-8(9)6-10(13)12(11)15(17)18/h2-6H,1H3,(H,14,16). The molecule has 0 spiro atoms. The maximum absolute atomic E-state index is 11.2. The Bertz CT molecular complexity index is 655. The van der Waals surface area contributed by atoms with Gasteiger partial charge in [0.05, 0.1) is 4.92 Å². The van der Waals surface area contributed by atoms with E-state index in [1.54, 1.807) is 24.3 Å². The molecule has 0 aliphatic carbocycles. The highest BCUT2D eigenvalue weighted by Crippen LogP contribution is 2.39. The average Bonchev–Trinajstić information content (AvgIpc) is 2.27. The average molecular weight is 265 g/mol. The van der Waals surface area contributed by atoms with Crippen LogP contribution in [0.5, 0.6) is 0 Å². The smallest absolute Gasteiger partial charge is 0.311 e. The molecule has 0 atom stereocenters. The second-order valence-electron chi connectivity index (χ2n) is 3.74. The summed E-state index contributed by atoms with van der Waals surface area (Å²) in [6, 6.07) is 8.52. The summed E-state index contributed by atoms with van der Waals surface area (Å²) in [5.41, 5.74) is -0.152. The predicted octanol–water partition coefficient (Wildman–Crippen LogP) is 3.36. The van der Waals surface area contributed by atoms with Gasteiger partial charge in [-0.15, -0.1) is 0 Å². The van der Waals surface area contributed by atoms with E-state index < -0.39 is 4.92 Å². The summed E-state index contributed by atoms with van der Waals surface area (Å²) in [5, 5.41) is 14.8. The van der Waals surface area contributed by atoms with Gasteiger partial charge < -0.3 is 5.32 Å². The molecule has 0 saturated heterocycles. The number of nitrogens with zero attached hydrogens (tertiary/aromatic N) is 1. The van der Waals surface area contributed by atoms with Crippen molar-refractivity contribution in [1.82, 2.24) is 0 Å². The quantitative estimate of drug-likeness (QED) is 0.668. The second-order valence-corrected chi connectivity index (χ2v) is 4.15. The van der Waals surface area contributed by atoms with Crippen LogP contribution in [0, 0.1) is 10.1 Å².